The lowest BCUT2D eigenvalue weighted by molar-refractivity contribution is -0.0892. The van der Waals surface area contributed by atoms with Crippen LogP contribution in [-0.4, -0.2) is 12.1 Å². The first-order chi connectivity index (χ1) is 6.81. The first-order valence-corrected chi connectivity index (χ1v) is 4.39. The van der Waals surface area contributed by atoms with Gasteiger partial charge in [-0.2, -0.15) is 5.26 Å². The van der Waals surface area contributed by atoms with E-state index < -0.39 is 0 Å². The Labute approximate surface area is 82.8 Å². The summed E-state index contributed by atoms with van der Waals surface area (Å²) in [6, 6.07) is 12.0. The molecule has 1 unspecified atom stereocenters. The maximum Gasteiger partial charge on any atom is 0.222 e. The summed E-state index contributed by atoms with van der Waals surface area (Å²) in [5, 5.41) is 10.4. The van der Waals surface area contributed by atoms with Crippen molar-refractivity contribution in [3.8, 4) is 6.07 Å². The monoisotopic (exact) mass is 186 g/mol. The van der Waals surface area contributed by atoms with Crippen LogP contribution >= 0.6 is 0 Å². The third-order valence-corrected chi connectivity index (χ3v) is 2.19. The standard InChI is InChI=1S/C11H10N2O/c1-13-11(7-10(8-12)14-13)9-5-3-2-4-6-9/h2-7,11H,1H3. The zero-order valence-electron chi connectivity index (χ0n) is 7.84. The smallest absolute Gasteiger partial charge is 0.222 e. The van der Waals surface area contributed by atoms with Gasteiger partial charge in [-0.25, -0.2) is 0 Å². The van der Waals surface area contributed by atoms with Gasteiger partial charge in [-0.15, -0.1) is 5.06 Å². The highest BCUT2D eigenvalue weighted by Gasteiger charge is 2.24. The molecule has 1 heterocycles. The highest BCUT2D eigenvalue weighted by atomic mass is 16.7. The van der Waals surface area contributed by atoms with Gasteiger partial charge in [-0.1, -0.05) is 30.3 Å². The van der Waals surface area contributed by atoms with Crippen molar-refractivity contribution < 1.29 is 4.84 Å². The Morgan fingerprint density at radius 2 is 2.07 bits per heavy atom. The minimum atomic E-state index is 0.0471. The van der Waals surface area contributed by atoms with Crippen LogP contribution < -0.4 is 0 Å². The molecule has 0 fully saturated rings. The summed E-state index contributed by atoms with van der Waals surface area (Å²) in [5.41, 5.74) is 1.13. The predicted octanol–water partition coefficient (Wildman–Crippen LogP) is 2.01. The van der Waals surface area contributed by atoms with E-state index in [-0.39, 0.29) is 6.04 Å². The summed E-state index contributed by atoms with van der Waals surface area (Å²) in [4.78, 5) is 5.21. The van der Waals surface area contributed by atoms with Crippen LogP contribution in [-0.2, 0) is 4.84 Å². The molecule has 1 aliphatic rings. The quantitative estimate of drug-likeness (QED) is 0.673. The largest absolute Gasteiger partial charge is 0.394 e. The average Bonchev–Trinajstić information content (AvgIpc) is 2.61. The zero-order valence-corrected chi connectivity index (χ0v) is 7.84. The summed E-state index contributed by atoms with van der Waals surface area (Å²) < 4.78 is 0. The van der Waals surface area contributed by atoms with Gasteiger partial charge in [0.2, 0.25) is 5.76 Å². The third kappa shape index (κ3) is 1.48. The maximum absolute atomic E-state index is 8.68. The number of hydrogen-bond acceptors (Lipinski definition) is 3. The van der Waals surface area contributed by atoms with Crippen molar-refractivity contribution in [1.82, 2.24) is 5.06 Å². The molecule has 3 heteroatoms. The highest BCUT2D eigenvalue weighted by Crippen LogP contribution is 2.28. The number of likely N-dealkylation sites (N-methyl/N-ethyl adjacent to an activating group) is 1. The van der Waals surface area contributed by atoms with Crippen molar-refractivity contribution in [3.63, 3.8) is 0 Å². The second kappa shape index (κ2) is 3.52. The molecule has 14 heavy (non-hydrogen) atoms. The van der Waals surface area contributed by atoms with Gasteiger partial charge in [0.05, 0.1) is 6.04 Å². The summed E-state index contributed by atoms with van der Waals surface area (Å²) in [6.07, 6.45) is 1.81. The number of allylic oxidation sites excluding steroid dienone is 1. The molecule has 0 amide bonds. The Hall–Kier alpha value is -1.79. The molecule has 3 nitrogen and oxygen atoms in total. The second-order valence-corrected chi connectivity index (χ2v) is 3.14. The molecule has 0 bridgehead atoms. The molecule has 0 saturated carbocycles. The van der Waals surface area contributed by atoms with Crippen LogP contribution in [0.4, 0.5) is 0 Å². The van der Waals surface area contributed by atoms with Gasteiger partial charge in [-0.05, 0) is 11.6 Å². The van der Waals surface area contributed by atoms with Crippen LogP contribution in [0.25, 0.3) is 0 Å². The van der Waals surface area contributed by atoms with Gasteiger partial charge in [0.25, 0.3) is 0 Å². The van der Waals surface area contributed by atoms with Crippen molar-refractivity contribution in [1.29, 1.82) is 5.26 Å². The van der Waals surface area contributed by atoms with E-state index in [0.717, 1.165) is 5.56 Å². The van der Waals surface area contributed by atoms with E-state index in [1.54, 1.807) is 5.06 Å². The van der Waals surface area contributed by atoms with Crippen molar-refractivity contribution in [2.75, 3.05) is 7.05 Å². The number of hydrogen-bond donors (Lipinski definition) is 0. The number of nitrogens with zero attached hydrogens (tertiary/aromatic N) is 2. The lowest BCUT2D eigenvalue weighted by atomic mass is 10.1. The van der Waals surface area contributed by atoms with Gasteiger partial charge in [0, 0.05) is 7.05 Å². The topological polar surface area (TPSA) is 36.3 Å². The normalized spacial score (nSPS) is 21.1. The van der Waals surface area contributed by atoms with Crippen LogP contribution in [0.2, 0.25) is 0 Å². The molecule has 70 valence electrons. The van der Waals surface area contributed by atoms with Crippen molar-refractivity contribution in [3.05, 3.63) is 47.7 Å². The van der Waals surface area contributed by atoms with E-state index >= 15 is 0 Å². The van der Waals surface area contributed by atoms with E-state index in [2.05, 4.69) is 0 Å². The molecule has 1 aromatic rings. The van der Waals surface area contributed by atoms with Crippen LogP contribution in [0.5, 0.6) is 0 Å². The summed E-state index contributed by atoms with van der Waals surface area (Å²) in [5.74, 6) is 0.362. The maximum atomic E-state index is 8.68. The molecule has 1 aromatic carbocycles. The first kappa shape index (κ1) is 8.79. The molecule has 0 radical (unpaired) electrons. The third-order valence-electron chi connectivity index (χ3n) is 2.19. The molecule has 1 atom stereocenters. The Morgan fingerprint density at radius 1 is 1.36 bits per heavy atom. The zero-order chi connectivity index (χ0) is 9.97. The fourth-order valence-electron chi connectivity index (χ4n) is 1.50. The summed E-state index contributed by atoms with van der Waals surface area (Å²) >= 11 is 0. The SMILES string of the molecule is CN1OC(C#N)=CC1c1ccccc1. The minimum Gasteiger partial charge on any atom is -0.394 e. The van der Waals surface area contributed by atoms with Crippen molar-refractivity contribution in [2.24, 2.45) is 0 Å². The number of nitriles is 1. The number of benzene rings is 1. The van der Waals surface area contributed by atoms with Gasteiger partial charge >= 0.3 is 0 Å². The lowest BCUT2D eigenvalue weighted by Gasteiger charge is -2.17. The van der Waals surface area contributed by atoms with Crippen LogP contribution in [0.15, 0.2) is 42.2 Å². The molecule has 2 rings (SSSR count). The molecule has 0 saturated heterocycles. The molecular formula is C11H10N2O. The van der Waals surface area contributed by atoms with Crippen LogP contribution in [0.3, 0.4) is 0 Å². The molecule has 0 N–H and O–H groups in total. The summed E-state index contributed by atoms with van der Waals surface area (Å²) in [7, 11) is 1.82. The van der Waals surface area contributed by atoms with E-state index in [0.29, 0.717) is 5.76 Å². The van der Waals surface area contributed by atoms with Gasteiger partial charge in [0.1, 0.15) is 6.07 Å². The fraction of sp³-hybridized carbons (Fsp3) is 0.182. The number of hydroxylamine groups is 2. The predicted molar refractivity (Wildman–Crippen MR) is 51.7 cm³/mol. The lowest BCUT2D eigenvalue weighted by Crippen LogP contribution is -2.16. The van der Waals surface area contributed by atoms with Crippen molar-refractivity contribution in [2.45, 2.75) is 6.04 Å². The minimum absolute atomic E-state index is 0.0471. The molecule has 0 aliphatic carbocycles. The van der Waals surface area contributed by atoms with E-state index in [4.69, 9.17) is 10.1 Å². The Morgan fingerprint density at radius 3 is 2.64 bits per heavy atom. The fourth-order valence-corrected chi connectivity index (χ4v) is 1.50. The number of rotatable bonds is 1. The van der Waals surface area contributed by atoms with E-state index in [1.807, 2.05) is 49.5 Å². The Bertz CT molecular complexity index is 391. The molecule has 1 aliphatic heterocycles. The average molecular weight is 186 g/mol. The van der Waals surface area contributed by atoms with E-state index in [9.17, 15) is 0 Å². The van der Waals surface area contributed by atoms with Gasteiger partial charge in [-0.3, -0.25) is 0 Å². The molecular weight excluding hydrogens is 176 g/mol. The summed E-state index contributed by atoms with van der Waals surface area (Å²) in [6.45, 7) is 0. The Balaban J connectivity index is 2.29. The van der Waals surface area contributed by atoms with Crippen molar-refractivity contribution >= 4 is 0 Å². The molecule has 0 spiro atoms. The van der Waals surface area contributed by atoms with E-state index in [1.165, 1.54) is 0 Å². The van der Waals surface area contributed by atoms with Gasteiger partial charge in [0.15, 0.2) is 0 Å². The highest BCUT2D eigenvalue weighted by molar-refractivity contribution is 5.28. The Kier molecular flexibility index (Phi) is 2.21. The van der Waals surface area contributed by atoms with Crippen LogP contribution in [0, 0.1) is 11.3 Å². The van der Waals surface area contributed by atoms with Crippen LogP contribution in [0.1, 0.15) is 11.6 Å². The molecule has 0 aromatic heterocycles. The van der Waals surface area contributed by atoms with Gasteiger partial charge < -0.3 is 4.84 Å². The first-order valence-electron chi connectivity index (χ1n) is 4.39. The second-order valence-electron chi connectivity index (χ2n) is 3.14.